The van der Waals surface area contributed by atoms with Gasteiger partial charge in [-0.15, -0.1) is 11.3 Å². The second-order valence-electron chi connectivity index (χ2n) is 5.59. The van der Waals surface area contributed by atoms with Gasteiger partial charge in [-0.25, -0.2) is 4.98 Å². The number of hydrogen-bond donors (Lipinski definition) is 1. The molecule has 0 radical (unpaired) electrons. The molecular weight excluding hydrogens is 326 g/mol. The second-order valence-corrected chi connectivity index (χ2v) is 6.65. The lowest BCUT2D eigenvalue weighted by atomic mass is 10.1. The fourth-order valence-corrected chi connectivity index (χ4v) is 2.64. The van der Waals surface area contributed by atoms with Crippen LogP contribution in [0.3, 0.4) is 0 Å². The molecule has 1 aromatic carbocycles. The predicted molar refractivity (Wildman–Crippen MR) is 93.4 cm³/mol. The van der Waals surface area contributed by atoms with Gasteiger partial charge in [-0.05, 0) is 32.0 Å². The van der Waals surface area contributed by atoms with E-state index in [0.29, 0.717) is 11.3 Å². The van der Waals surface area contributed by atoms with Gasteiger partial charge in [-0.1, -0.05) is 6.07 Å². The van der Waals surface area contributed by atoms with Gasteiger partial charge in [-0.3, -0.25) is 9.59 Å². The summed E-state index contributed by atoms with van der Waals surface area (Å²) in [5.41, 5.74) is 1.32. The van der Waals surface area contributed by atoms with Crippen LogP contribution in [0.4, 0.5) is 0 Å². The van der Waals surface area contributed by atoms with Gasteiger partial charge in [0.1, 0.15) is 5.75 Å². The largest absolute Gasteiger partial charge is 0.484 e. The van der Waals surface area contributed by atoms with Crippen LogP contribution in [0.2, 0.25) is 0 Å². The standard InChI is InChI=1S/C17H21N3O3S/c1-11(15-10-24-12(2)19-15)18-17(22)13-6-5-7-14(8-13)23-9-16(21)20(3)4/h5-8,10-11H,9H2,1-4H3,(H,18,22)/t11-/m1/s1. The maximum absolute atomic E-state index is 12.4. The molecule has 0 unspecified atom stereocenters. The number of ether oxygens (including phenoxy) is 1. The minimum absolute atomic E-state index is 0.0629. The average molecular weight is 347 g/mol. The normalized spacial score (nSPS) is 11.7. The van der Waals surface area contributed by atoms with Crippen molar-refractivity contribution in [3.8, 4) is 5.75 Å². The Balaban J connectivity index is 1.99. The maximum Gasteiger partial charge on any atom is 0.259 e. The molecule has 24 heavy (non-hydrogen) atoms. The van der Waals surface area contributed by atoms with Crippen LogP contribution in [0.25, 0.3) is 0 Å². The van der Waals surface area contributed by atoms with Crippen molar-refractivity contribution in [2.24, 2.45) is 0 Å². The zero-order valence-electron chi connectivity index (χ0n) is 14.2. The fourth-order valence-electron chi connectivity index (χ4n) is 1.93. The fraction of sp³-hybridized carbons (Fsp3) is 0.353. The molecule has 7 heteroatoms. The Labute approximate surface area is 145 Å². The second kappa shape index (κ2) is 7.92. The summed E-state index contributed by atoms with van der Waals surface area (Å²) in [5.74, 6) is 0.130. The lowest BCUT2D eigenvalue weighted by Crippen LogP contribution is -2.28. The first-order valence-corrected chi connectivity index (χ1v) is 8.40. The number of rotatable bonds is 6. The number of thiazole rings is 1. The first-order valence-electron chi connectivity index (χ1n) is 7.52. The molecule has 1 atom stereocenters. The number of aryl methyl sites for hydroxylation is 1. The van der Waals surface area contributed by atoms with Crippen LogP contribution in [0.1, 0.15) is 34.0 Å². The molecule has 0 aliphatic rings. The Bertz CT molecular complexity index is 727. The highest BCUT2D eigenvalue weighted by atomic mass is 32.1. The van der Waals surface area contributed by atoms with Gasteiger partial charge in [0.25, 0.3) is 11.8 Å². The van der Waals surface area contributed by atoms with Crippen LogP contribution in [0.5, 0.6) is 5.75 Å². The first-order chi connectivity index (χ1) is 11.4. The summed E-state index contributed by atoms with van der Waals surface area (Å²) >= 11 is 1.55. The van der Waals surface area contributed by atoms with Crippen molar-refractivity contribution in [3.05, 3.63) is 45.9 Å². The van der Waals surface area contributed by atoms with Gasteiger partial charge < -0.3 is 15.0 Å². The quantitative estimate of drug-likeness (QED) is 0.871. The van der Waals surface area contributed by atoms with E-state index >= 15 is 0 Å². The highest BCUT2D eigenvalue weighted by Gasteiger charge is 2.14. The summed E-state index contributed by atoms with van der Waals surface area (Å²) in [4.78, 5) is 29.8. The molecule has 0 bridgehead atoms. The molecule has 1 aromatic heterocycles. The monoisotopic (exact) mass is 347 g/mol. The average Bonchev–Trinajstić information content (AvgIpc) is 2.99. The van der Waals surface area contributed by atoms with E-state index in [-0.39, 0.29) is 24.5 Å². The Morgan fingerprint density at radius 3 is 2.75 bits per heavy atom. The van der Waals surface area contributed by atoms with Crippen molar-refractivity contribution in [2.45, 2.75) is 19.9 Å². The molecule has 1 heterocycles. The zero-order valence-corrected chi connectivity index (χ0v) is 15.0. The van der Waals surface area contributed by atoms with Crippen molar-refractivity contribution >= 4 is 23.2 Å². The Kier molecular flexibility index (Phi) is 5.92. The van der Waals surface area contributed by atoms with Crippen molar-refractivity contribution in [1.29, 1.82) is 0 Å². The highest BCUT2D eigenvalue weighted by molar-refractivity contribution is 7.09. The molecular formula is C17H21N3O3S. The predicted octanol–water partition coefficient (Wildman–Crippen LogP) is 2.41. The molecule has 0 aliphatic heterocycles. The van der Waals surface area contributed by atoms with Crippen molar-refractivity contribution in [3.63, 3.8) is 0 Å². The number of benzene rings is 1. The smallest absolute Gasteiger partial charge is 0.259 e. The number of likely N-dealkylation sites (N-methyl/N-ethyl adjacent to an activating group) is 1. The third kappa shape index (κ3) is 4.79. The van der Waals surface area contributed by atoms with Crippen molar-refractivity contribution in [1.82, 2.24) is 15.2 Å². The third-order valence-electron chi connectivity index (χ3n) is 3.39. The molecule has 1 N–H and O–H groups in total. The van der Waals surface area contributed by atoms with Crippen molar-refractivity contribution < 1.29 is 14.3 Å². The van der Waals surface area contributed by atoms with Gasteiger partial charge in [0, 0.05) is 25.0 Å². The summed E-state index contributed by atoms with van der Waals surface area (Å²) in [6.45, 7) is 3.76. The van der Waals surface area contributed by atoms with Crippen molar-refractivity contribution in [2.75, 3.05) is 20.7 Å². The molecule has 2 amide bonds. The molecule has 2 aromatic rings. The van der Waals surface area contributed by atoms with E-state index in [1.165, 1.54) is 4.90 Å². The van der Waals surface area contributed by atoms with E-state index in [0.717, 1.165) is 10.7 Å². The van der Waals surface area contributed by atoms with Crippen LogP contribution >= 0.6 is 11.3 Å². The summed E-state index contributed by atoms with van der Waals surface area (Å²) in [5, 5.41) is 5.81. The van der Waals surface area contributed by atoms with Gasteiger partial charge in [0.2, 0.25) is 0 Å². The zero-order chi connectivity index (χ0) is 17.7. The molecule has 0 spiro atoms. The van der Waals surface area contributed by atoms with Crippen LogP contribution in [0, 0.1) is 6.92 Å². The van der Waals surface area contributed by atoms with Crippen LogP contribution < -0.4 is 10.1 Å². The lowest BCUT2D eigenvalue weighted by molar-refractivity contribution is -0.130. The molecule has 2 rings (SSSR count). The Morgan fingerprint density at radius 1 is 1.38 bits per heavy atom. The number of carbonyl (C=O) groups is 2. The van der Waals surface area contributed by atoms with Gasteiger partial charge >= 0.3 is 0 Å². The molecule has 128 valence electrons. The maximum atomic E-state index is 12.4. The summed E-state index contributed by atoms with van der Waals surface area (Å²) < 4.78 is 5.43. The topological polar surface area (TPSA) is 71.5 Å². The first kappa shape index (κ1) is 17.9. The molecule has 0 aliphatic carbocycles. The number of nitrogens with one attached hydrogen (secondary N) is 1. The molecule has 0 saturated carbocycles. The number of hydrogen-bond acceptors (Lipinski definition) is 5. The SMILES string of the molecule is Cc1nc([C@@H](C)NC(=O)c2cccc(OCC(=O)N(C)C)c2)cs1. The van der Waals surface area contributed by atoms with Gasteiger partial charge in [0.15, 0.2) is 6.61 Å². The van der Waals surface area contributed by atoms with E-state index in [1.807, 2.05) is 19.2 Å². The van der Waals surface area contributed by atoms with Crippen LogP contribution in [-0.4, -0.2) is 42.4 Å². The molecule has 0 saturated heterocycles. The number of amides is 2. The Hall–Kier alpha value is -2.41. The minimum Gasteiger partial charge on any atom is -0.484 e. The summed E-state index contributed by atoms with van der Waals surface area (Å²) in [6.07, 6.45) is 0. The number of nitrogens with zero attached hydrogens (tertiary/aromatic N) is 2. The molecule has 0 fully saturated rings. The summed E-state index contributed by atoms with van der Waals surface area (Å²) in [7, 11) is 3.33. The highest BCUT2D eigenvalue weighted by Crippen LogP contribution is 2.18. The molecule has 6 nitrogen and oxygen atoms in total. The van der Waals surface area contributed by atoms with Crippen LogP contribution in [0.15, 0.2) is 29.6 Å². The van der Waals surface area contributed by atoms with Gasteiger partial charge in [0.05, 0.1) is 16.7 Å². The number of carbonyl (C=O) groups excluding carboxylic acids is 2. The van der Waals surface area contributed by atoms with Crippen LogP contribution in [-0.2, 0) is 4.79 Å². The summed E-state index contributed by atoms with van der Waals surface area (Å²) in [6, 6.07) is 6.59. The number of aromatic nitrogens is 1. The lowest BCUT2D eigenvalue weighted by Gasteiger charge is -2.13. The minimum atomic E-state index is -0.211. The van der Waals surface area contributed by atoms with E-state index < -0.39 is 0 Å². The van der Waals surface area contributed by atoms with E-state index in [2.05, 4.69) is 10.3 Å². The Morgan fingerprint density at radius 2 is 2.12 bits per heavy atom. The van der Waals surface area contributed by atoms with Gasteiger partial charge in [-0.2, -0.15) is 0 Å². The van der Waals surface area contributed by atoms with E-state index in [4.69, 9.17) is 4.74 Å². The third-order valence-corrected chi connectivity index (χ3v) is 4.18. The van der Waals surface area contributed by atoms with E-state index in [9.17, 15) is 9.59 Å². The van der Waals surface area contributed by atoms with E-state index in [1.54, 1.807) is 49.7 Å².